The number of aryl methyl sites for hydroxylation is 1. The third kappa shape index (κ3) is 3.52. The number of aromatic nitrogens is 4. The topological polar surface area (TPSA) is 75.9 Å². The molecule has 1 aliphatic heterocycles. The highest BCUT2D eigenvalue weighted by Crippen LogP contribution is 2.28. The summed E-state index contributed by atoms with van der Waals surface area (Å²) in [5.74, 6) is -0.282. The molecular formula is C19H21FN6O. The average molecular weight is 368 g/mol. The first kappa shape index (κ1) is 17.5. The van der Waals surface area contributed by atoms with Crippen LogP contribution in [0.3, 0.4) is 0 Å². The molecule has 140 valence electrons. The van der Waals surface area contributed by atoms with Gasteiger partial charge in [-0.25, -0.2) is 9.37 Å². The van der Waals surface area contributed by atoms with Crippen molar-refractivity contribution in [2.45, 2.75) is 18.5 Å². The minimum atomic E-state index is -1.84. The first-order valence-corrected chi connectivity index (χ1v) is 8.87. The molecule has 0 radical (unpaired) electrons. The van der Waals surface area contributed by atoms with Gasteiger partial charge in [0.25, 0.3) is 5.91 Å². The second-order valence-electron chi connectivity index (χ2n) is 7.11. The van der Waals surface area contributed by atoms with Crippen LogP contribution in [0.1, 0.15) is 12.8 Å². The number of carbonyl (C=O) groups is 1. The summed E-state index contributed by atoms with van der Waals surface area (Å²) in [7, 11) is 3.77. The van der Waals surface area contributed by atoms with E-state index in [0.29, 0.717) is 18.9 Å². The maximum atomic E-state index is 14.9. The molecule has 4 heterocycles. The number of pyridine rings is 2. The molecule has 4 rings (SSSR count). The number of piperidine rings is 1. The van der Waals surface area contributed by atoms with E-state index >= 15 is 0 Å². The van der Waals surface area contributed by atoms with E-state index in [4.69, 9.17) is 0 Å². The second kappa shape index (κ2) is 6.70. The second-order valence-corrected chi connectivity index (χ2v) is 7.11. The molecule has 0 aliphatic carbocycles. The summed E-state index contributed by atoms with van der Waals surface area (Å²) in [5.41, 5.74) is -0.172. The predicted molar refractivity (Wildman–Crippen MR) is 101 cm³/mol. The number of fused-ring (bicyclic) bond motifs is 1. The fourth-order valence-electron chi connectivity index (χ4n) is 3.25. The molecular weight excluding hydrogens is 347 g/mol. The molecule has 3 aromatic heterocycles. The molecule has 7 nitrogen and oxygen atoms in total. The number of nitrogens with one attached hydrogen (secondary N) is 1. The van der Waals surface area contributed by atoms with Crippen LogP contribution >= 0.6 is 0 Å². The van der Waals surface area contributed by atoms with Crippen LogP contribution in [0.4, 0.5) is 10.2 Å². The van der Waals surface area contributed by atoms with Crippen LogP contribution in [0.15, 0.2) is 36.9 Å². The lowest BCUT2D eigenvalue weighted by molar-refractivity contribution is -0.130. The minimum absolute atomic E-state index is 0.192. The van der Waals surface area contributed by atoms with E-state index in [1.165, 1.54) is 0 Å². The average Bonchev–Trinajstić information content (AvgIpc) is 3.10. The Kier molecular flexibility index (Phi) is 4.35. The van der Waals surface area contributed by atoms with Crippen molar-refractivity contribution in [3.05, 3.63) is 36.9 Å². The van der Waals surface area contributed by atoms with Crippen molar-refractivity contribution in [3.63, 3.8) is 0 Å². The number of halogens is 1. The molecule has 0 spiro atoms. The number of carbonyl (C=O) groups excluding carboxylic acids is 1. The predicted octanol–water partition coefficient (Wildman–Crippen LogP) is 2.40. The van der Waals surface area contributed by atoms with Crippen LogP contribution in [0, 0.1) is 0 Å². The summed E-state index contributed by atoms with van der Waals surface area (Å²) in [6.45, 7) is 1.13. The van der Waals surface area contributed by atoms with Gasteiger partial charge >= 0.3 is 0 Å². The van der Waals surface area contributed by atoms with Crippen LogP contribution < -0.4 is 5.32 Å². The normalized spacial score (nSPS) is 17.1. The highest BCUT2D eigenvalue weighted by Gasteiger charge is 2.41. The van der Waals surface area contributed by atoms with Gasteiger partial charge in [0.15, 0.2) is 5.67 Å². The lowest BCUT2D eigenvalue weighted by Crippen LogP contribution is -2.47. The Labute approximate surface area is 156 Å². The van der Waals surface area contributed by atoms with E-state index in [0.717, 1.165) is 22.0 Å². The van der Waals surface area contributed by atoms with Crippen LogP contribution in [-0.4, -0.2) is 56.4 Å². The van der Waals surface area contributed by atoms with Crippen LogP contribution in [0.5, 0.6) is 0 Å². The van der Waals surface area contributed by atoms with Crippen molar-refractivity contribution >= 4 is 22.5 Å². The Bertz CT molecular complexity index is 993. The number of likely N-dealkylation sites (tertiary alicyclic amines) is 1. The van der Waals surface area contributed by atoms with Gasteiger partial charge in [0, 0.05) is 62.5 Å². The van der Waals surface area contributed by atoms with Crippen molar-refractivity contribution in [2.75, 3.05) is 25.5 Å². The lowest BCUT2D eigenvalue weighted by atomic mass is 9.92. The van der Waals surface area contributed by atoms with Gasteiger partial charge in [0.05, 0.1) is 11.9 Å². The van der Waals surface area contributed by atoms with Crippen LogP contribution in [-0.2, 0) is 11.8 Å². The van der Waals surface area contributed by atoms with Crippen molar-refractivity contribution in [3.8, 4) is 11.3 Å². The van der Waals surface area contributed by atoms with Gasteiger partial charge in [-0.3, -0.25) is 14.5 Å². The number of hydrogen-bond acceptors (Lipinski definition) is 5. The molecule has 3 aromatic rings. The van der Waals surface area contributed by atoms with E-state index in [1.54, 1.807) is 29.3 Å². The minimum Gasteiger partial charge on any atom is -0.308 e. The quantitative estimate of drug-likeness (QED) is 0.768. The van der Waals surface area contributed by atoms with Gasteiger partial charge in [0.1, 0.15) is 5.82 Å². The summed E-state index contributed by atoms with van der Waals surface area (Å²) >= 11 is 0. The molecule has 0 aromatic carbocycles. The van der Waals surface area contributed by atoms with E-state index < -0.39 is 11.6 Å². The van der Waals surface area contributed by atoms with Crippen LogP contribution in [0.2, 0.25) is 0 Å². The number of nitrogens with zero attached hydrogens (tertiary/aromatic N) is 5. The summed E-state index contributed by atoms with van der Waals surface area (Å²) < 4.78 is 16.7. The van der Waals surface area contributed by atoms with Gasteiger partial charge in [-0.15, -0.1) is 0 Å². The number of amides is 1. The molecule has 0 saturated carbocycles. The zero-order chi connectivity index (χ0) is 19.0. The molecule has 0 unspecified atom stereocenters. The molecule has 1 fully saturated rings. The fourth-order valence-corrected chi connectivity index (χ4v) is 3.25. The zero-order valence-corrected chi connectivity index (χ0v) is 15.3. The Morgan fingerprint density at radius 2 is 1.85 bits per heavy atom. The summed E-state index contributed by atoms with van der Waals surface area (Å²) in [6.07, 6.45) is 7.36. The number of rotatable bonds is 3. The third-order valence-electron chi connectivity index (χ3n) is 5.03. The number of hydrogen-bond donors (Lipinski definition) is 1. The highest BCUT2D eigenvalue weighted by molar-refractivity contribution is 5.98. The lowest BCUT2D eigenvalue weighted by Gasteiger charge is -2.33. The summed E-state index contributed by atoms with van der Waals surface area (Å²) in [4.78, 5) is 23.1. The Balaban J connectivity index is 1.58. The summed E-state index contributed by atoms with van der Waals surface area (Å²) in [5, 5.41) is 8.51. The monoisotopic (exact) mass is 368 g/mol. The Morgan fingerprint density at radius 1 is 1.11 bits per heavy atom. The van der Waals surface area contributed by atoms with E-state index in [9.17, 15) is 9.18 Å². The van der Waals surface area contributed by atoms with E-state index in [2.05, 4.69) is 20.4 Å². The SMILES string of the molecule is CN1CCC(F)(C(=O)Nc2cc3cc(-c4cnn(C)c4)ncc3cn2)CC1. The Hall–Kier alpha value is -2.87. The van der Waals surface area contributed by atoms with Crippen molar-refractivity contribution < 1.29 is 9.18 Å². The van der Waals surface area contributed by atoms with E-state index in [1.807, 2.05) is 31.3 Å². The van der Waals surface area contributed by atoms with Gasteiger partial charge in [-0.05, 0) is 24.6 Å². The van der Waals surface area contributed by atoms with Crippen molar-refractivity contribution in [2.24, 2.45) is 7.05 Å². The summed E-state index contributed by atoms with van der Waals surface area (Å²) in [6, 6.07) is 3.65. The van der Waals surface area contributed by atoms with Gasteiger partial charge in [0.2, 0.25) is 0 Å². The zero-order valence-electron chi connectivity index (χ0n) is 15.3. The number of anilines is 1. The third-order valence-corrected chi connectivity index (χ3v) is 5.03. The standard InChI is InChI=1S/C19H21FN6O/c1-25-5-3-19(20,4-6-25)18(27)24-17-8-13-7-16(15-11-23-26(2)12-15)21-9-14(13)10-22-17/h7-12H,3-6H2,1-2H3,(H,22,24,27). The first-order valence-electron chi connectivity index (χ1n) is 8.87. The first-order chi connectivity index (χ1) is 12.9. The van der Waals surface area contributed by atoms with Crippen molar-refractivity contribution in [1.29, 1.82) is 0 Å². The van der Waals surface area contributed by atoms with Crippen molar-refractivity contribution in [1.82, 2.24) is 24.6 Å². The van der Waals surface area contributed by atoms with Gasteiger partial charge in [-0.1, -0.05) is 0 Å². The largest absolute Gasteiger partial charge is 0.308 e. The van der Waals surface area contributed by atoms with Gasteiger partial charge in [-0.2, -0.15) is 5.10 Å². The smallest absolute Gasteiger partial charge is 0.263 e. The maximum Gasteiger partial charge on any atom is 0.263 e. The van der Waals surface area contributed by atoms with E-state index in [-0.39, 0.29) is 12.8 Å². The van der Waals surface area contributed by atoms with Crippen LogP contribution in [0.25, 0.3) is 22.0 Å². The fraction of sp³-hybridized carbons (Fsp3) is 0.368. The highest BCUT2D eigenvalue weighted by atomic mass is 19.1. The number of alkyl halides is 1. The molecule has 0 atom stereocenters. The van der Waals surface area contributed by atoms with Gasteiger partial charge < -0.3 is 10.2 Å². The molecule has 1 saturated heterocycles. The maximum absolute atomic E-state index is 14.9. The molecule has 1 amide bonds. The molecule has 1 aliphatic rings. The molecule has 0 bridgehead atoms. The Morgan fingerprint density at radius 3 is 2.56 bits per heavy atom. The molecule has 8 heteroatoms. The molecule has 1 N–H and O–H groups in total. The molecule has 27 heavy (non-hydrogen) atoms.